The molecular formula is C29H25Cl2NO4. The summed E-state index contributed by atoms with van der Waals surface area (Å²) in [5.41, 5.74) is 3.57. The number of allylic oxidation sites excluding steroid dienone is 1. The molecule has 1 saturated carbocycles. The molecule has 184 valence electrons. The minimum absolute atomic E-state index is 0.0223. The number of carbonyl (C=O) groups excluding carboxylic acids is 1. The lowest BCUT2D eigenvalue weighted by molar-refractivity contribution is 0.112. The highest BCUT2D eigenvalue weighted by atomic mass is 35.5. The van der Waals surface area contributed by atoms with Gasteiger partial charge in [-0.1, -0.05) is 41.4 Å². The molecule has 5 rings (SSSR count). The molecule has 0 radical (unpaired) electrons. The second-order valence-corrected chi connectivity index (χ2v) is 9.91. The van der Waals surface area contributed by atoms with Crippen LogP contribution in [0.25, 0.3) is 0 Å². The number of benzene rings is 3. The molecule has 1 heterocycles. The second kappa shape index (κ2) is 10.4. The van der Waals surface area contributed by atoms with Crippen LogP contribution in [0.2, 0.25) is 10.0 Å². The predicted octanol–water partition coefficient (Wildman–Crippen LogP) is 7.54. The summed E-state index contributed by atoms with van der Waals surface area (Å²) in [7, 11) is 0. The van der Waals surface area contributed by atoms with Gasteiger partial charge in [0.1, 0.15) is 36.3 Å². The number of aliphatic hydroxyl groups is 1. The van der Waals surface area contributed by atoms with Crippen LogP contribution in [0.1, 0.15) is 52.4 Å². The Morgan fingerprint density at radius 1 is 1.06 bits per heavy atom. The first-order valence-electron chi connectivity index (χ1n) is 11.9. The van der Waals surface area contributed by atoms with Crippen LogP contribution in [0.15, 0.2) is 72.0 Å². The van der Waals surface area contributed by atoms with Gasteiger partial charge in [-0.25, -0.2) is 0 Å². The fourth-order valence-corrected chi connectivity index (χ4v) is 5.00. The van der Waals surface area contributed by atoms with Crippen molar-refractivity contribution in [3.8, 4) is 11.5 Å². The summed E-state index contributed by atoms with van der Waals surface area (Å²) in [6.07, 6.45) is 4.18. The minimum atomic E-state index is -0.0847. The molecular weight excluding hydrogens is 497 g/mol. The molecule has 1 atom stereocenters. The monoisotopic (exact) mass is 521 g/mol. The first-order valence-corrected chi connectivity index (χ1v) is 12.6. The zero-order valence-electron chi connectivity index (χ0n) is 19.5. The Balaban J connectivity index is 1.29. The Labute approximate surface area is 219 Å². The standard InChI is InChI=1S/C29H25Cl2NO4/c30-23-2-1-3-24(31)27(23)28(32)22(29(34)19-5-6-19)16-35-21-10-7-18(8-11-21)25-13-9-20-14-17(15-33)4-12-26(20)36-25/h1-4,7-8,10-12,14-15,19,25,32,34H,5-6,9,13,16H2/b29-22-,32-28?. The van der Waals surface area contributed by atoms with Crippen molar-refractivity contribution < 1.29 is 19.4 Å². The number of halogens is 2. The fourth-order valence-electron chi connectivity index (χ4n) is 4.42. The van der Waals surface area contributed by atoms with Crippen molar-refractivity contribution in [2.45, 2.75) is 31.8 Å². The van der Waals surface area contributed by atoms with Crippen LogP contribution in [0, 0.1) is 11.3 Å². The summed E-state index contributed by atoms with van der Waals surface area (Å²) >= 11 is 12.7. The van der Waals surface area contributed by atoms with Gasteiger partial charge in [-0.15, -0.1) is 0 Å². The van der Waals surface area contributed by atoms with Crippen LogP contribution >= 0.6 is 23.2 Å². The molecule has 3 aromatic rings. The lowest BCUT2D eigenvalue weighted by atomic mass is 9.96. The highest BCUT2D eigenvalue weighted by molar-refractivity contribution is 6.41. The van der Waals surface area contributed by atoms with Crippen LogP contribution in [-0.2, 0) is 6.42 Å². The zero-order valence-corrected chi connectivity index (χ0v) is 21.0. The highest BCUT2D eigenvalue weighted by Crippen LogP contribution is 2.39. The molecule has 0 saturated heterocycles. The van der Waals surface area contributed by atoms with Crippen molar-refractivity contribution in [1.29, 1.82) is 5.41 Å². The van der Waals surface area contributed by atoms with Crippen molar-refractivity contribution in [3.63, 3.8) is 0 Å². The number of ether oxygens (including phenoxy) is 2. The number of rotatable bonds is 8. The third-order valence-electron chi connectivity index (χ3n) is 6.59. The average molecular weight is 522 g/mol. The van der Waals surface area contributed by atoms with Gasteiger partial charge in [0.2, 0.25) is 0 Å². The third-order valence-corrected chi connectivity index (χ3v) is 7.22. The average Bonchev–Trinajstić information content (AvgIpc) is 3.74. The van der Waals surface area contributed by atoms with E-state index in [0.29, 0.717) is 32.5 Å². The number of hydrogen-bond acceptors (Lipinski definition) is 5. The molecule has 2 N–H and O–H groups in total. The molecule has 0 amide bonds. The number of carbonyl (C=O) groups is 1. The molecule has 2 aliphatic rings. The van der Waals surface area contributed by atoms with Crippen molar-refractivity contribution in [1.82, 2.24) is 0 Å². The molecule has 5 nitrogen and oxygen atoms in total. The smallest absolute Gasteiger partial charge is 0.150 e. The van der Waals surface area contributed by atoms with Gasteiger partial charge in [0.05, 0.1) is 21.3 Å². The Hall–Kier alpha value is -3.28. The van der Waals surface area contributed by atoms with E-state index >= 15 is 0 Å². The molecule has 36 heavy (non-hydrogen) atoms. The summed E-state index contributed by atoms with van der Waals surface area (Å²) < 4.78 is 12.2. The summed E-state index contributed by atoms with van der Waals surface area (Å²) in [6, 6.07) is 18.2. The van der Waals surface area contributed by atoms with E-state index in [4.69, 9.17) is 38.1 Å². The second-order valence-electron chi connectivity index (χ2n) is 9.10. The van der Waals surface area contributed by atoms with Gasteiger partial charge in [0.25, 0.3) is 0 Å². The SMILES string of the molecule is N=C(/C(COc1ccc(C2CCc3cc(C=O)ccc3O2)cc1)=C(\O)C1CC1)c1c(Cl)cccc1Cl. The van der Waals surface area contributed by atoms with E-state index in [0.717, 1.165) is 48.8 Å². The summed E-state index contributed by atoms with van der Waals surface area (Å²) in [5.74, 6) is 1.63. The number of hydrogen-bond donors (Lipinski definition) is 2. The van der Waals surface area contributed by atoms with Crippen LogP contribution in [0.4, 0.5) is 0 Å². The van der Waals surface area contributed by atoms with Gasteiger partial charge >= 0.3 is 0 Å². The van der Waals surface area contributed by atoms with Crippen molar-refractivity contribution >= 4 is 35.2 Å². The molecule has 7 heteroatoms. The van der Waals surface area contributed by atoms with Gasteiger partial charge in [0, 0.05) is 17.0 Å². The van der Waals surface area contributed by atoms with Crippen LogP contribution in [0.5, 0.6) is 11.5 Å². The Bertz CT molecular complexity index is 1330. The van der Waals surface area contributed by atoms with Crippen molar-refractivity contribution in [2.24, 2.45) is 5.92 Å². The molecule has 0 aromatic heterocycles. The highest BCUT2D eigenvalue weighted by Gasteiger charge is 2.31. The van der Waals surface area contributed by atoms with Crippen LogP contribution in [0.3, 0.4) is 0 Å². The van der Waals surface area contributed by atoms with Crippen molar-refractivity contribution in [3.05, 3.63) is 104 Å². The number of nitrogens with one attached hydrogen (secondary N) is 1. The van der Waals surface area contributed by atoms with E-state index < -0.39 is 0 Å². The van der Waals surface area contributed by atoms with Crippen LogP contribution < -0.4 is 9.47 Å². The largest absolute Gasteiger partial charge is 0.512 e. The first kappa shape index (κ1) is 24.4. The molecule has 0 spiro atoms. The zero-order chi connectivity index (χ0) is 25.2. The number of aldehydes is 1. The number of aliphatic hydroxyl groups excluding tert-OH is 1. The topological polar surface area (TPSA) is 79.6 Å². The molecule has 3 aromatic carbocycles. The van der Waals surface area contributed by atoms with E-state index in [2.05, 4.69) is 0 Å². The Morgan fingerprint density at radius 3 is 2.44 bits per heavy atom. The van der Waals surface area contributed by atoms with Crippen molar-refractivity contribution in [2.75, 3.05) is 6.61 Å². The summed E-state index contributed by atoms with van der Waals surface area (Å²) in [4.78, 5) is 11.0. The summed E-state index contributed by atoms with van der Waals surface area (Å²) in [6.45, 7) is 0.0223. The third kappa shape index (κ3) is 5.13. The molecule has 1 aliphatic carbocycles. The predicted molar refractivity (Wildman–Crippen MR) is 141 cm³/mol. The molecule has 1 unspecified atom stereocenters. The van der Waals surface area contributed by atoms with E-state index in [1.54, 1.807) is 24.3 Å². The summed E-state index contributed by atoms with van der Waals surface area (Å²) in [5, 5.41) is 20.3. The quantitative estimate of drug-likeness (QED) is 0.182. The number of fused-ring (bicyclic) bond motifs is 1. The maximum atomic E-state index is 11.0. The Kier molecular flexibility index (Phi) is 7.04. The lowest BCUT2D eigenvalue weighted by Crippen LogP contribution is -2.17. The van der Waals surface area contributed by atoms with Gasteiger partial charge in [-0.05, 0) is 79.3 Å². The molecule has 0 bridgehead atoms. The van der Waals surface area contributed by atoms with E-state index in [-0.39, 0.29) is 30.1 Å². The van der Waals surface area contributed by atoms with Gasteiger partial charge in [-0.2, -0.15) is 0 Å². The maximum Gasteiger partial charge on any atom is 0.150 e. The fraction of sp³-hybridized carbons (Fsp3) is 0.241. The van der Waals surface area contributed by atoms with Gasteiger partial charge in [0.15, 0.2) is 0 Å². The molecule has 1 fully saturated rings. The lowest BCUT2D eigenvalue weighted by Gasteiger charge is -2.26. The Morgan fingerprint density at radius 2 is 1.78 bits per heavy atom. The maximum absolute atomic E-state index is 11.0. The molecule has 1 aliphatic heterocycles. The van der Waals surface area contributed by atoms with E-state index in [9.17, 15) is 9.90 Å². The van der Waals surface area contributed by atoms with Crippen LogP contribution in [-0.4, -0.2) is 23.7 Å². The normalized spacial score (nSPS) is 17.4. The van der Waals surface area contributed by atoms with Gasteiger partial charge in [-0.3, -0.25) is 10.2 Å². The van der Waals surface area contributed by atoms with E-state index in [1.165, 1.54) is 0 Å². The minimum Gasteiger partial charge on any atom is -0.512 e. The van der Waals surface area contributed by atoms with E-state index in [1.807, 2.05) is 36.4 Å². The first-order chi connectivity index (χ1) is 17.4. The van der Waals surface area contributed by atoms with Gasteiger partial charge < -0.3 is 14.6 Å². The number of aryl methyl sites for hydroxylation is 1.